The van der Waals surface area contributed by atoms with Gasteiger partial charge in [0.05, 0.1) is 72.6 Å². The number of ketones is 1. The van der Waals surface area contributed by atoms with Crippen molar-refractivity contribution in [2.45, 2.75) is 160 Å². The summed E-state index contributed by atoms with van der Waals surface area (Å²) in [5, 5.41) is 24.2. The summed E-state index contributed by atoms with van der Waals surface area (Å²) in [4.78, 5) is 145. The molecule has 0 spiro atoms. The molecule has 8 amide bonds. The number of carbonyl (C=O) groups is 10. The number of rotatable bonds is 27. The molecular weight excluding hydrogens is 1290 g/mol. The molecule has 96 heavy (non-hydrogen) atoms. The number of carbonyl (C=O) groups excluding carboxylic acids is 10. The third kappa shape index (κ3) is 19.4. The van der Waals surface area contributed by atoms with Crippen LogP contribution in [-0.2, 0) is 79.7 Å². The number of alkyl carbamates (subject to hydrolysis) is 1. The summed E-state index contributed by atoms with van der Waals surface area (Å²) in [5.74, 6) is -6.27. The number of halogens is 1. The number of primary amides is 1. The van der Waals surface area contributed by atoms with Gasteiger partial charge in [-0.25, -0.2) is 19.2 Å². The van der Waals surface area contributed by atoms with E-state index in [9.17, 15) is 53.1 Å². The Morgan fingerprint density at radius 3 is 2.38 bits per heavy atom. The summed E-state index contributed by atoms with van der Waals surface area (Å²) in [7, 11) is 4.40. The number of imide groups is 1. The normalized spacial score (nSPS) is 23.9. The first kappa shape index (κ1) is 75.4. The molecule has 4 aliphatic heterocycles. The minimum atomic E-state index is -1.91. The van der Waals surface area contributed by atoms with Crippen LogP contribution in [0.5, 0.6) is 0 Å². The van der Waals surface area contributed by atoms with Crippen LogP contribution >= 0.6 is 23.8 Å². The minimum absolute atomic E-state index is 0.00854. The number of hydrogen-bond acceptors (Lipinski definition) is 20. The number of likely N-dealkylation sites (N-methyl/N-ethyl adjacent to an activating group) is 1. The van der Waals surface area contributed by atoms with Gasteiger partial charge in [0.1, 0.15) is 30.0 Å². The summed E-state index contributed by atoms with van der Waals surface area (Å²) < 4.78 is 35.2. The van der Waals surface area contributed by atoms with Gasteiger partial charge in [-0.2, -0.15) is 0 Å². The van der Waals surface area contributed by atoms with E-state index in [-0.39, 0.29) is 95.8 Å². The average molecular weight is 1380 g/mol. The van der Waals surface area contributed by atoms with Crippen LogP contribution in [0.2, 0.25) is 5.02 Å². The predicted molar refractivity (Wildman–Crippen MR) is 355 cm³/mol. The number of fused-ring (bicyclic) bond motifs is 6. The van der Waals surface area contributed by atoms with E-state index in [1.165, 1.54) is 43.1 Å². The third-order valence-electron chi connectivity index (χ3n) is 17.7. The molecule has 0 unspecified atom stereocenters. The maximum absolute atomic E-state index is 14.7. The molecule has 0 radical (unpaired) electrons. The van der Waals surface area contributed by atoms with Gasteiger partial charge in [-0.3, -0.25) is 39.1 Å². The van der Waals surface area contributed by atoms with E-state index in [1.54, 1.807) is 51.2 Å². The highest BCUT2D eigenvalue weighted by Gasteiger charge is 2.64. The van der Waals surface area contributed by atoms with Gasteiger partial charge < -0.3 is 69.8 Å². The van der Waals surface area contributed by atoms with Crippen molar-refractivity contribution in [2.75, 3.05) is 65.6 Å². The number of aryl methyl sites for hydroxylation is 1. The lowest BCUT2D eigenvalue weighted by Crippen LogP contribution is -2.63. The molecule has 3 saturated heterocycles. The monoisotopic (exact) mass is 1370 g/mol. The van der Waals surface area contributed by atoms with Crippen molar-refractivity contribution in [1.82, 2.24) is 36.2 Å². The highest BCUT2D eigenvalue weighted by atomic mass is 35.5. The van der Waals surface area contributed by atoms with Gasteiger partial charge >= 0.3 is 24.1 Å². The molecule has 3 aromatic rings. The van der Waals surface area contributed by atoms with E-state index >= 15 is 0 Å². The fourth-order valence-corrected chi connectivity index (χ4v) is 12.4. The van der Waals surface area contributed by atoms with Crippen molar-refractivity contribution in [3.63, 3.8) is 0 Å². The Balaban J connectivity index is 1.02. The largest absolute Gasteiger partial charge is 0.457 e. The molecule has 0 aliphatic carbocycles. The molecule has 5 heterocycles. The first-order valence-corrected chi connectivity index (χ1v) is 32.8. The van der Waals surface area contributed by atoms with Crippen molar-refractivity contribution in [1.29, 1.82) is 0 Å². The SMILES string of the molecule is CO[C@@H]1/C=C/C=C(\C)Cc2cc(C)c(Cl)c(c2)N(C)C(=O)C[C@H](OC(=O)[C@H](C)N(C)C(=O)c2ccc(CC(=O)[C@H](CCCNC(N)=O)NC(=O)[C@@H](CC(=S)NCCOCCOCCC(=O)ON3C(=O)CCC3=O)C(C)C)c3ncccc23)[C@]2(C)O[C@H]2[C@H](C)[C@@H]2C[C@@]1(O)NC(=O)O2. The van der Waals surface area contributed by atoms with Gasteiger partial charge in [0, 0.05) is 95.4 Å². The molecule has 4 bridgehead atoms. The van der Waals surface area contributed by atoms with E-state index < -0.39 is 125 Å². The van der Waals surface area contributed by atoms with Gasteiger partial charge in [-0.05, 0) is 87.8 Å². The lowest BCUT2D eigenvalue weighted by molar-refractivity contribution is -0.198. The number of anilines is 1. The van der Waals surface area contributed by atoms with Crippen molar-refractivity contribution in [3.8, 4) is 0 Å². The van der Waals surface area contributed by atoms with Crippen LogP contribution in [0.1, 0.15) is 120 Å². The number of urea groups is 1. The highest BCUT2D eigenvalue weighted by molar-refractivity contribution is 7.80. The lowest BCUT2D eigenvalue weighted by atomic mass is 9.83. The number of thiocarbonyl (C=S) groups is 1. The van der Waals surface area contributed by atoms with Gasteiger partial charge in [0.25, 0.3) is 17.7 Å². The number of aromatic nitrogens is 1. The molecule has 10 atom stereocenters. The summed E-state index contributed by atoms with van der Waals surface area (Å²) in [6.07, 6.45) is 1.84. The van der Waals surface area contributed by atoms with E-state index in [2.05, 4.69) is 26.3 Å². The van der Waals surface area contributed by atoms with Crippen molar-refractivity contribution < 1.29 is 86.3 Å². The highest BCUT2D eigenvalue weighted by Crippen LogP contribution is 2.49. The second-order valence-electron chi connectivity index (χ2n) is 25.2. The summed E-state index contributed by atoms with van der Waals surface area (Å²) in [6.45, 7) is 13.3. The summed E-state index contributed by atoms with van der Waals surface area (Å²) in [5.41, 5.74) is 5.82. The molecular formula is C67H88ClN9O18S. The second-order valence-corrected chi connectivity index (χ2v) is 26.0. The standard InChI is InChI=1S/C67H88ClN9O18S/c1-37(2)46(34-53(96)70-25-27-91-29-28-90-26-22-57(82)95-77-54(79)20-21-55(77)80)61(83)73-47(16-13-24-72-64(69)86)49(78)33-43-18-19-45(44-15-12-23-71-59(43)44)62(84)75(8)41(6)63(85)93-52-35-56(81)76(9)48-32-42(31-39(4)58(48)68)30-38(3)14-11-17-51(89-10)67(88)36-50(92-65(87)74-67)40(5)60-66(52,7)94-60/h11-12,14-15,17-19,23,31-32,37,40-41,46-47,50-52,60,88H,13,16,20-22,24-30,33-36H2,1-10H3,(H,70,96)(H,73,83)(H,74,87)(H3,69,72,86)/b17-11+,38-14+/t40-,41+,46+,47+,50+,51-,52+,60+,66+,67+/m1/s1. The number of Topliss-reactive ketones (excluding diaryl/α,β-unsaturated/α-hetero) is 1. The van der Waals surface area contributed by atoms with Gasteiger partial charge in [-0.15, -0.1) is 5.06 Å². The number of epoxide rings is 1. The molecule has 7 rings (SSSR count). The van der Waals surface area contributed by atoms with E-state index in [4.69, 9.17) is 62.8 Å². The Morgan fingerprint density at radius 1 is 0.979 bits per heavy atom. The van der Waals surface area contributed by atoms with Crippen LogP contribution in [-0.4, -0.2) is 193 Å². The first-order chi connectivity index (χ1) is 45.5. The number of allylic oxidation sites excluding steroid dienone is 3. The first-order valence-electron chi connectivity index (χ1n) is 32.0. The van der Waals surface area contributed by atoms with E-state index in [0.717, 1.165) is 11.1 Å². The average Bonchev–Trinajstić information content (AvgIpc) is 1.56. The number of nitrogens with two attached hydrogens (primary N) is 1. The Labute approximate surface area is 568 Å². The topological polar surface area (TPSA) is 356 Å². The second kappa shape index (κ2) is 33.8. The number of esters is 1. The number of aliphatic hydroxyl groups is 1. The van der Waals surface area contributed by atoms with Crippen LogP contribution in [0, 0.1) is 24.7 Å². The molecule has 0 saturated carbocycles. The Morgan fingerprint density at radius 2 is 1.69 bits per heavy atom. The zero-order valence-corrected chi connectivity index (χ0v) is 57.4. The smallest absolute Gasteiger partial charge is 0.409 e. The van der Waals surface area contributed by atoms with Crippen LogP contribution in [0.15, 0.2) is 66.4 Å². The maximum Gasteiger partial charge on any atom is 0.409 e. The van der Waals surface area contributed by atoms with Gasteiger partial charge in [-0.1, -0.05) is 86.6 Å². The van der Waals surface area contributed by atoms with Crippen LogP contribution in [0.4, 0.5) is 15.3 Å². The predicted octanol–water partition coefficient (Wildman–Crippen LogP) is 5.33. The zero-order valence-electron chi connectivity index (χ0n) is 55.8. The molecule has 4 aliphatic rings. The fraction of sp³-hybridized carbons (Fsp3) is 0.552. The number of hydroxylamine groups is 2. The number of benzene rings is 2. The van der Waals surface area contributed by atoms with Crippen molar-refractivity contribution in [3.05, 3.63) is 93.7 Å². The van der Waals surface area contributed by atoms with Crippen molar-refractivity contribution >= 4 is 105 Å². The quantitative estimate of drug-likeness (QED) is 0.0185. The Bertz CT molecular complexity index is 3480. The fourth-order valence-electron chi connectivity index (χ4n) is 11.8. The van der Waals surface area contributed by atoms with Crippen LogP contribution < -0.4 is 31.9 Å². The van der Waals surface area contributed by atoms with Gasteiger partial charge in [0.2, 0.25) is 11.8 Å². The summed E-state index contributed by atoms with van der Waals surface area (Å²) in [6, 6.07) is 7.03. The van der Waals surface area contributed by atoms with Gasteiger partial charge in [0.15, 0.2) is 11.5 Å². The van der Waals surface area contributed by atoms with Crippen LogP contribution in [0.25, 0.3) is 10.9 Å². The molecule has 27 nitrogen and oxygen atoms in total. The molecule has 3 fully saturated rings. The molecule has 1 aromatic heterocycles. The minimum Gasteiger partial charge on any atom is -0.457 e. The van der Waals surface area contributed by atoms with E-state index in [1.807, 2.05) is 45.9 Å². The number of ether oxygens (including phenoxy) is 6. The molecule has 2 aromatic carbocycles. The number of pyridine rings is 1. The van der Waals surface area contributed by atoms with E-state index in [0.29, 0.717) is 55.8 Å². The Hall–Kier alpha value is -7.99. The molecule has 522 valence electrons. The van der Waals surface area contributed by atoms with Crippen molar-refractivity contribution in [2.24, 2.45) is 23.5 Å². The number of methoxy groups -OCH3 is 1. The Kier molecular flexibility index (Phi) is 26.5. The molecule has 7 N–H and O–H groups in total. The lowest BCUT2D eigenvalue weighted by Gasteiger charge is -2.42. The number of hydrogen-bond donors (Lipinski definition) is 6. The molecule has 29 heteroatoms. The third-order valence-corrected chi connectivity index (χ3v) is 18.5. The maximum atomic E-state index is 14.7. The number of nitrogens with one attached hydrogen (secondary N) is 4. The van der Waals surface area contributed by atoms with Crippen LogP contribution in [0.3, 0.4) is 0 Å². The number of nitrogens with zero attached hydrogens (tertiary/aromatic N) is 4. The number of amides is 8. The zero-order chi connectivity index (χ0) is 70.3. The summed E-state index contributed by atoms with van der Waals surface area (Å²) >= 11 is 12.5.